The largest absolute Gasteiger partial charge is 0.481 e. The fraction of sp³-hybridized carbons (Fsp3) is 0.467. The lowest BCUT2D eigenvalue weighted by Crippen LogP contribution is -2.31. The minimum atomic E-state index is -0.675. The van der Waals surface area contributed by atoms with Crippen LogP contribution in [-0.4, -0.2) is 17.6 Å². The van der Waals surface area contributed by atoms with E-state index in [-0.39, 0.29) is 11.8 Å². The van der Waals surface area contributed by atoms with E-state index in [1.165, 1.54) is 0 Å². The average molecular weight is 258 g/mol. The maximum absolute atomic E-state index is 11.2. The minimum Gasteiger partial charge on any atom is -0.481 e. The Kier molecular flexibility index (Phi) is 4.40. The Balaban J connectivity index is 1.92. The van der Waals surface area contributed by atoms with Crippen LogP contribution in [0.4, 0.5) is 5.69 Å². The van der Waals surface area contributed by atoms with Gasteiger partial charge in [0.25, 0.3) is 0 Å². The number of nitriles is 1. The molecule has 4 heteroatoms. The molecule has 4 nitrogen and oxygen atoms in total. The van der Waals surface area contributed by atoms with Gasteiger partial charge in [0.2, 0.25) is 0 Å². The van der Waals surface area contributed by atoms with Crippen LogP contribution in [0.5, 0.6) is 0 Å². The Morgan fingerprint density at radius 1 is 1.32 bits per heavy atom. The van der Waals surface area contributed by atoms with Gasteiger partial charge in [-0.15, -0.1) is 0 Å². The molecule has 2 unspecified atom stereocenters. The molecule has 0 radical (unpaired) electrons. The Bertz CT molecular complexity index is 476. The summed E-state index contributed by atoms with van der Waals surface area (Å²) in [5.74, 6) is -0.701. The number of rotatable bonds is 4. The van der Waals surface area contributed by atoms with Gasteiger partial charge in [0.15, 0.2) is 0 Å². The van der Waals surface area contributed by atoms with E-state index in [1.54, 1.807) is 12.1 Å². The number of nitrogens with zero attached hydrogens (tertiary/aromatic N) is 1. The number of aliphatic carboxylic acids is 1. The van der Waals surface area contributed by atoms with Gasteiger partial charge in [0.05, 0.1) is 17.6 Å². The zero-order valence-electron chi connectivity index (χ0n) is 10.8. The first-order chi connectivity index (χ1) is 9.20. The number of benzene rings is 1. The summed E-state index contributed by atoms with van der Waals surface area (Å²) in [5.41, 5.74) is 1.57. The van der Waals surface area contributed by atoms with E-state index in [4.69, 9.17) is 5.26 Å². The molecule has 0 spiro atoms. The molecule has 19 heavy (non-hydrogen) atoms. The molecule has 100 valence electrons. The number of carboxylic acids is 1. The van der Waals surface area contributed by atoms with Gasteiger partial charge >= 0.3 is 5.97 Å². The van der Waals surface area contributed by atoms with Crippen LogP contribution in [0.15, 0.2) is 24.3 Å². The third-order valence-corrected chi connectivity index (χ3v) is 3.81. The second-order valence-corrected chi connectivity index (χ2v) is 5.06. The van der Waals surface area contributed by atoms with E-state index < -0.39 is 5.97 Å². The van der Waals surface area contributed by atoms with Gasteiger partial charge in [0.1, 0.15) is 0 Å². The van der Waals surface area contributed by atoms with Crippen LogP contribution >= 0.6 is 0 Å². The Morgan fingerprint density at radius 2 is 2.00 bits per heavy atom. The maximum atomic E-state index is 11.2. The smallest absolute Gasteiger partial charge is 0.306 e. The van der Waals surface area contributed by atoms with E-state index in [2.05, 4.69) is 11.4 Å². The van der Waals surface area contributed by atoms with Gasteiger partial charge < -0.3 is 10.4 Å². The van der Waals surface area contributed by atoms with Gasteiger partial charge in [-0.2, -0.15) is 5.26 Å². The van der Waals surface area contributed by atoms with Crippen molar-refractivity contribution < 1.29 is 9.90 Å². The molecule has 1 aliphatic rings. The molecule has 0 amide bonds. The van der Waals surface area contributed by atoms with Crippen LogP contribution in [-0.2, 0) is 4.79 Å². The molecule has 1 aliphatic carbocycles. The van der Waals surface area contributed by atoms with E-state index in [0.717, 1.165) is 31.4 Å². The fourth-order valence-corrected chi connectivity index (χ4v) is 2.69. The Hall–Kier alpha value is -2.02. The van der Waals surface area contributed by atoms with Crippen molar-refractivity contribution in [2.45, 2.75) is 25.7 Å². The number of carbonyl (C=O) groups is 1. The molecule has 0 saturated heterocycles. The quantitative estimate of drug-likeness (QED) is 0.871. The molecule has 0 bridgehead atoms. The highest BCUT2D eigenvalue weighted by Gasteiger charge is 2.30. The molecule has 1 aromatic rings. The summed E-state index contributed by atoms with van der Waals surface area (Å²) in [7, 11) is 0. The molecule has 0 aromatic heterocycles. The Labute approximate surface area is 113 Å². The van der Waals surface area contributed by atoms with E-state index in [1.807, 2.05) is 12.1 Å². The molecule has 1 saturated carbocycles. The first kappa shape index (κ1) is 13.4. The van der Waals surface area contributed by atoms with Gasteiger partial charge in [-0.1, -0.05) is 12.8 Å². The van der Waals surface area contributed by atoms with Gasteiger partial charge in [0, 0.05) is 12.2 Å². The topological polar surface area (TPSA) is 73.1 Å². The first-order valence-corrected chi connectivity index (χ1v) is 6.67. The van der Waals surface area contributed by atoms with Crippen molar-refractivity contribution in [1.29, 1.82) is 5.26 Å². The van der Waals surface area contributed by atoms with Crippen LogP contribution < -0.4 is 5.32 Å². The zero-order valence-corrected chi connectivity index (χ0v) is 10.8. The van der Waals surface area contributed by atoms with Crippen LogP contribution in [0.3, 0.4) is 0 Å². The molecule has 2 atom stereocenters. The first-order valence-electron chi connectivity index (χ1n) is 6.67. The average Bonchev–Trinajstić information content (AvgIpc) is 2.46. The van der Waals surface area contributed by atoms with Crippen LogP contribution in [0.2, 0.25) is 0 Å². The van der Waals surface area contributed by atoms with Gasteiger partial charge in [-0.25, -0.2) is 0 Å². The second kappa shape index (κ2) is 6.24. The lowest BCUT2D eigenvalue weighted by atomic mass is 9.79. The summed E-state index contributed by atoms with van der Waals surface area (Å²) in [4.78, 5) is 11.2. The molecule has 0 aliphatic heterocycles. The third kappa shape index (κ3) is 3.47. The molecule has 0 heterocycles. The normalized spacial score (nSPS) is 22.5. The SMILES string of the molecule is N#Cc1ccc(NCC2CCCCC2C(=O)O)cc1. The highest BCUT2D eigenvalue weighted by atomic mass is 16.4. The molecule has 1 fully saturated rings. The summed E-state index contributed by atoms with van der Waals surface area (Å²) in [6.45, 7) is 0.683. The van der Waals surface area contributed by atoms with Crippen molar-refractivity contribution in [1.82, 2.24) is 0 Å². The number of anilines is 1. The number of nitrogens with one attached hydrogen (secondary N) is 1. The summed E-state index contributed by atoms with van der Waals surface area (Å²) in [6, 6.07) is 9.32. The van der Waals surface area contributed by atoms with Crippen molar-refractivity contribution in [3.05, 3.63) is 29.8 Å². The molecular weight excluding hydrogens is 240 g/mol. The van der Waals surface area contributed by atoms with Crippen LogP contribution in [0, 0.1) is 23.2 Å². The lowest BCUT2D eigenvalue weighted by molar-refractivity contribution is -0.144. The molecule has 2 N–H and O–H groups in total. The van der Waals surface area contributed by atoms with Crippen molar-refractivity contribution >= 4 is 11.7 Å². The van der Waals surface area contributed by atoms with Gasteiger partial charge in [-0.05, 0) is 43.0 Å². The minimum absolute atomic E-state index is 0.196. The van der Waals surface area contributed by atoms with Crippen LogP contribution in [0.25, 0.3) is 0 Å². The Morgan fingerprint density at radius 3 is 2.63 bits per heavy atom. The van der Waals surface area contributed by atoms with E-state index >= 15 is 0 Å². The molecule has 2 rings (SSSR count). The van der Waals surface area contributed by atoms with Crippen molar-refractivity contribution in [2.24, 2.45) is 11.8 Å². The van der Waals surface area contributed by atoms with E-state index in [9.17, 15) is 9.90 Å². The van der Waals surface area contributed by atoms with Crippen molar-refractivity contribution in [2.75, 3.05) is 11.9 Å². The maximum Gasteiger partial charge on any atom is 0.306 e. The second-order valence-electron chi connectivity index (χ2n) is 5.06. The molecular formula is C15H18N2O2. The van der Waals surface area contributed by atoms with Crippen LogP contribution in [0.1, 0.15) is 31.2 Å². The standard InChI is InChI=1S/C15H18N2O2/c16-9-11-5-7-13(8-6-11)17-10-12-3-1-2-4-14(12)15(18)19/h5-8,12,14,17H,1-4,10H2,(H,18,19). The predicted octanol–water partition coefficient (Wildman–Crippen LogP) is 2.86. The van der Waals surface area contributed by atoms with Crippen molar-refractivity contribution in [3.63, 3.8) is 0 Å². The number of carboxylic acid groups (broad SMARTS) is 1. The third-order valence-electron chi connectivity index (χ3n) is 3.81. The van der Waals surface area contributed by atoms with Crippen molar-refractivity contribution in [3.8, 4) is 6.07 Å². The molecule has 1 aromatic carbocycles. The summed E-state index contributed by atoms with van der Waals surface area (Å²) >= 11 is 0. The lowest BCUT2D eigenvalue weighted by Gasteiger charge is -2.28. The fourth-order valence-electron chi connectivity index (χ4n) is 2.69. The highest BCUT2D eigenvalue weighted by molar-refractivity contribution is 5.70. The zero-order chi connectivity index (χ0) is 13.7. The summed E-state index contributed by atoms with van der Waals surface area (Å²) < 4.78 is 0. The monoisotopic (exact) mass is 258 g/mol. The number of hydrogen-bond donors (Lipinski definition) is 2. The van der Waals surface area contributed by atoms with E-state index in [0.29, 0.717) is 12.1 Å². The van der Waals surface area contributed by atoms with Gasteiger partial charge in [-0.3, -0.25) is 4.79 Å². The number of hydrogen-bond acceptors (Lipinski definition) is 3. The summed E-state index contributed by atoms with van der Waals surface area (Å²) in [6.07, 6.45) is 3.89. The summed E-state index contributed by atoms with van der Waals surface area (Å²) in [5, 5.41) is 21.2. The predicted molar refractivity (Wildman–Crippen MR) is 72.7 cm³/mol. The highest BCUT2D eigenvalue weighted by Crippen LogP contribution is 2.30.